The van der Waals surface area contributed by atoms with Crippen molar-refractivity contribution in [1.82, 2.24) is 0 Å². The maximum atomic E-state index is 11.3. The third-order valence-corrected chi connectivity index (χ3v) is 3.32. The first-order chi connectivity index (χ1) is 6.28. The molecule has 0 radical (unpaired) electrons. The van der Waals surface area contributed by atoms with E-state index in [1.807, 2.05) is 19.6 Å². The molecule has 5 heteroatoms. The molecule has 0 bridgehead atoms. The minimum absolute atomic E-state index is 0.230. The normalized spacial score (nSPS) is 13.4. The van der Waals surface area contributed by atoms with E-state index in [4.69, 9.17) is 9.84 Å². The van der Waals surface area contributed by atoms with E-state index in [0.29, 0.717) is 6.04 Å². The van der Waals surface area contributed by atoms with Crippen molar-refractivity contribution in [3.05, 3.63) is 0 Å². The molecule has 4 nitrogen and oxygen atoms in total. The van der Waals surface area contributed by atoms with Gasteiger partial charge in [0.05, 0.1) is 6.61 Å². The Labute approximate surface area is 85.3 Å². The number of hydrogen-bond donors (Lipinski definition) is 1. The second-order valence-corrected chi connectivity index (χ2v) is 9.94. The van der Waals surface area contributed by atoms with Gasteiger partial charge in [0.1, 0.15) is 0 Å². The van der Waals surface area contributed by atoms with Gasteiger partial charge < -0.3 is 9.84 Å². The maximum Gasteiger partial charge on any atom is 0.320 e. The number of ether oxygens (including phenoxy) is 1. The lowest BCUT2D eigenvalue weighted by molar-refractivity contribution is -0.157. The summed E-state index contributed by atoms with van der Waals surface area (Å²) in [5, 5.41) is 8.86. The smallest absolute Gasteiger partial charge is 0.320 e. The quantitative estimate of drug-likeness (QED) is 0.432. The molecule has 0 fully saturated rings. The second kappa shape index (κ2) is 5.14. The Morgan fingerprint density at radius 2 is 1.86 bits per heavy atom. The lowest BCUT2D eigenvalue weighted by Gasteiger charge is -2.19. The number of rotatable bonds is 5. The van der Waals surface area contributed by atoms with Crippen LogP contribution in [-0.2, 0) is 14.3 Å². The standard InChI is InChI=1S/C9H18O4Si/c1-5-13-9(12)7(8(10)11)6-14(2,3)4/h7H,5-6H2,1-4H3,(H,10,11)/t7-/m1/s1. The third-order valence-electron chi connectivity index (χ3n) is 1.69. The summed E-state index contributed by atoms with van der Waals surface area (Å²) >= 11 is 0. The average Bonchev–Trinajstić information content (AvgIpc) is 1.98. The van der Waals surface area contributed by atoms with Gasteiger partial charge in [-0.15, -0.1) is 0 Å². The van der Waals surface area contributed by atoms with E-state index in [1.54, 1.807) is 6.92 Å². The van der Waals surface area contributed by atoms with Gasteiger partial charge in [0.2, 0.25) is 0 Å². The number of hydrogen-bond acceptors (Lipinski definition) is 3. The Morgan fingerprint density at radius 3 is 2.14 bits per heavy atom. The Balaban J connectivity index is 4.45. The fourth-order valence-electron chi connectivity index (χ4n) is 1.13. The zero-order valence-electron chi connectivity index (χ0n) is 9.16. The molecule has 0 aromatic rings. The highest BCUT2D eigenvalue weighted by Gasteiger charge is 2.32. The van der Waals surface area contributed by atoms with E-state index in [0.717, 1.165) is 0 Å². The maximum absolute atomic E-state index is 11.3. The van der Waals surface area contributed by atoms with Crippen molar-refractivity contribution < 1.29 is 19.4 Å². The molecule has 82 valence electrons. The Morgan fingerprint density at radius 1 is 1.36 bits per heavy atom. The highest BCUT2D eigenvalue weighted by atomic mass is 28.3. The first kappa shape index (κ1) is 13.2. The Hall–Kier alpha value is -0.843. The van der Waals surface area contributed by atoms with E-state index in [9.17, 15) is 9.59 Å². The van der Waals surface area contributed by atoms with Gasteiger partial charge in [-0.1, -0.05) is 19.6 Å². The third kappa shape index (κ3) is 5.01. The molecule has 1 atom stereocenters. The molecule has 0 aliphatic heterocycles. The number of esters is 1. The summed E-state index contributed by atoms with van der Waals surface area (Å²) in [5.41, 5.74) is 0. The molecule has 0 aliphatic carbocycles. The van der Waals surface area contributed by atoms with Crippen LogP contribution in [0.1, 0.15) is 6.92 Å². The van der Waals surface area contributed by atoms with E-state index >= 15 is 0 Å². The summed E-state index contributed by atoms with van der Waals surface area (Å²) in [6.07, 6.45) is 0. The van der Waals surface area contributed by atoms with Gasteiger partial charge >= 0.3 is 11.9 Å². The minimum Gasteiger partial charge on any atom is -0.481 e. The van der Waals surface area contributed by atoms with Crippen LogP contribution in [0.25, 0.3) is 0 Å². The summed E-state index contributed by atoms with van der Waals surface area (Å²) in [6.45, 7) is 7.99. The van der Waals surface area contributed by atoms with Gasteiger partial charge in [-0.25, -0.2) is 0 Å². The van der Waals surface area contributed by atoms with Crippen LogP contribution in [0.15, 0.2) is 0 Å². The van der Waals surface area contributed by atoms with E-state index < -0.39 is 25.9 Å². The monoisotopic (exact) mass is 218 g/mol. The first-order valence-corrected chi connectivity index (χ1v) is 8.38. The fourth-order valence-corrected chi connectivity index (χ4v) is 2.69. The molecular weight excluding hydrogens is 200 g/mol. The Bertz CT molecular complexity index is 219. The summed E-state index contributed by atoms with van der Waals surface area (Å²) < 4.78 is 4.71. The molecule has 0 saturated carbocycles. The topological polar surface area (TPSA) is 63.6 Å². The first-order valence-electron chi connectivity index (χ1n) is 4.67. The summed E-state index contributed by atoms with van der Waals surface area (Å²) in [7, 11) is -1.56. The van der Waals surface area contributed by atoms with Gasteiger partial charge in [-0.3, -0.25) is 9.59 Å². The fraction of sp³-hybridized carbons (Fsp3) is 0.778. The van der Waals surface area contributed by atoms with E-state index in [-0.39, 0.29) is 6.61 Å². The van der Waals surface area contributed by atoms with Gasteiger partial charge in [0.25, 0.3) is 0 Å². The number of carboxylic acids is 1. The van der Waals surface area contributed by atoms with Crippen LogP contribution in [-0.4, -0.2) is 31.7 Å². The largest absolute Gasteiger partial charge is 0.481 e. The number of aliphatic carboxylic acids is 1. The predicted molar refractivity (Wildman–Crippen MR) is 55.9 cm³/mol. The van der Waals surface area contributed by atoms with Gasteiger partial charge in [0.15, 0.2) is 5.92 Å². The molecule has 0 spiro atoms. The van der Waals surface area contributed by atoms with Crippen molar-refractivity contribution in [2.75, 3.05) is 6.61 Å². The molecule has 14 heavy (non-hydrogen) atoms. The van der Waals surface area contributed by atoms with Crippen molar-refractivity contribution in [3.8, 4) is 0 Å². The van der Waals surface area contributed by atoms with Crippen molar-refractivity contribution >= 4 is 20.0 Å². The van der Waals surface area contributed by atoms with Crippen LogP contribution in [0.2, 0.25) is 25.7 Å². The SMILES string of the molecule is CCOC(=O)[C@H](C[Si](C)(C)C)C(=O)O. The van der Waals surface area contributed by atoms with Crippen LogP contribution in [0.5, 0.6) is 0 Å². The highest BCUT2D eigenvalue weighted by Crippen LogP contribution is 2.18. The van der Waals surface area contributed by atoms with Crippen LogP contribution in [0.4, 0.5) is 0 Å². The van der Waals surface area contributed by atoms with Gasteiger partial charge in [0, 0.05) is 8.07 Å². The van der Waals surface area contributed by atoms with Crippen molar-refractivity contribution in [2.24, 2.45) is 5.92 Å². The van der Waals surface area contributed by atoms with Crippen LogP contribution in [0.3, 0.4) is 0 Å². The summed E-state index contributed by atoms with van der Waals surface area (Å²) in [5.74, 6) is -2.67. The number of carbonyl (C=O) groups is 2. The number of carbonyl (C=O) groups excluding carboxylic acids is 1. The van der Waals surface area contributed by atoms with Crippen molar-refractivity contribution in [2.45, 2.75) is 32.6 Å². The second-order valence-electron chi connectivity index (χ2n) is 4.41. The minimum atomic E-state index is -1.56. The molecule has 0 rings (SSSR count). The number of carboxylic acid groups (broad SMARTS) is 1. The van der Waals surface area contributed by atoms with Gasteiger partial charge in [-0.2, -0.15) is 0 Å². The van der Waals surface area contributed by atoms with Crippen molar-refractivity contribution in [3.63, 3.8) is 0 Å². The zero-order valence-corrected chi connectivity index (χ0v) is 10.2. The molecule has 0 saturated heterocycles. The zero-order chi connectivity index (χ0) is 11.4. The summed E-state index contributed by atoms with van der Waals surface area (Å²) in [4.78, 5) is 22.1. The van der Waals surface area contributed by atoms with Crippen molar-refractivity contribution in [1.29, 1.82) is 0 Å². The van der Waals surface area contributed by atoms with E-state index in [2.05, 4.69) is 0 Å². The summed E-state index contributed by atoms with van der Waals surface area (Å²) in [6, 6.07) is 0.432. The molecule has 0 heterocycles. The molecule has 0 aromatic heterocycles. The van der Waals surface area contributed by atoms with Crippen LogP contribution >= 0.6 is 0 Å². The lowest BCUT2D eigenvalue weighted by atomic mass is 10.2. The molecule has 0 amide bonds. The van der Waals surface area contributed by atoms with Gasteiger partial charge in [-0.05, 0) is 13.0 Å². The predicted octanol–water partition coefficient (Wildman–Crippen LogP) is 1.59. The van der Waals surface area contributed by atoms with E-state index in [1.165, 1.54) is 0 Å². The average molecular weight is 218 g/mol. The Kier molecular flexibility index (Phi) is 4.83. The molecule has 0 aromatic carbocycles. The molecule has 1 N–H and O–H groups in total. The van der Waals surface area contributed by atoms with Crippen LogP contribution < -0.4 is 0 Å². The molecule has 0 aliphatic rings. The molecule has 0 unspecified atom stereocenters. The molecular formula is C9H18O4Si. The van der Waals surface area contributed by atoms with Crippen LogP contribution in [0, 0.1) is 5.92 Å². The highest BCUT2D eigenvalue weighted by molar-refractivity contribution is 6.76. The lowest BCUT2D eigenvalue weighted by Crippen LogP contribution is -2.34.